The normalized spacial score (nSPS) is 19.5. The third-order valence-electron chi connectivity index (χ3n) is 5.12. The number of β-amino-alcohol motifs (C(OH)–C–C–N with tert-alkyl or cyclic N) is 1. The summed E-state index contributed by atoms with van der Waals surface area (Å²) in [5.74, 6) is 1.19. The van der Waals surface area contributed by atoms with E-state index in [-0.39, 0.29) is 12.5 Å². The summed E-state index contributed by atoms with van der Waals surface area (Å²) in [6.45, 7) is 2.58. The standard InChI is InChI=1S/C21H26N2O4/c1-5-21(25)14-22(2)20(24)16-8-6-7-9-17(16)23(21)13-15-10-11-18(26-3)19(12-15)27-4/h6-12,25H,5,13-14H2,1-4H3. The molecule has 1 amide bonds. The van der Waals surface area contributed by atoms with Gasteiger partial charge in [-0.2, -0.15) is 0 Å². The lowest BCUT2D eigenvalue weighted by molar-refractivity contribution is 0.00649. The summed E-state index contributed by atoms with van der Waals surface area (Å²) in [6.07, 6.45) is 0.478. The number of benzene rings is 2. The maximum Gasteiger partial charge on any atom is 0.255 e. The molecule has 6 nitrogen and oxygen atoms in total. The van der Waals surface area contributed by atoms with Gasteiger partial charge in [0.1, 0.15) is 0 Å². The highest BCUT2D eigenvalue weighted by Gasteiger charge is 2.40. The molecule has 1 heterocycles. The van der Waals surface area contributed by atoms with Crippen molar-refractivity contribution in [2.75, 3.05) is 32.7 Å². The van der Waals surface area contributed by atoms with E-state index in [9.17, 15) is 9.90 Å². The summed E-state index contributed by atoms with van der Waals surface area (Å²) < 4.78 is 10.7. The van der Waals surface area contributed by atoms with Crippen LogP contribution in [0.1, 0.15) is 29.3 Å². The first-order chi connectivity index (χ1) is 12.9. The summed E-state index contributed by atoms with van der Waals surface area (Å²) in [4.78, 5) is 16.3. The average Bonchev–Trinajstić information content (AvgIpc) is 2.77. The molecule has 1 N–H and O–H groups in total. The van der Waals surface area contributed by atoms with Crippen LogP contribution in [-0.2, 0) is 6.54 Å². The molecule has 0 aliphatic carbocycles. The van der Waals surface area contributed by atoms with Crippen LogP contribution >= 0.6 is 0 Å². The second-order valence-electron chi connectivity index (χ2n) is 6.79. The number of fused-ring (bicyclic) bond motifs is 1. The monoisotopic (exact) mass is 370 g/mol. The molecule has 3 rings (SSSR count). The van der Waals surface area contributed by atoms with Crippen LogP contribution in [0.4, 0.5) is 5.69 Å². The Balaban J connectivity index is 2.08. The Morgan fingerprint density at radius 1 is 1.11 bits per heavy atom. The summed E-state index contributed by atoms with van der Waals surface area (Å²) in [5.41, 5.74) is 1.09. The molecule has 0 saturated heterocycles. The van der Waals surface area contributed by atoms with Gasteiger partial charge < -0.3 is 24.4 Å². The van der Waals surface area contributed by atoms with Crippen LogP contribution in [0.5, 0.6) is 11.5 Å². The van der Waals surface area contributed by atoms with Crippen LogP contribution in [0, 0.1) is 0 Å². The summed E-state index contributed by atoms with van der Waals surface area (Å²) >= 11 is 0. The summed E-state index contributed by atoms with van der Waals surface area (Å²) in [6, 6.07) is 13.1. The van der Waals surface area contributed by atoms with Gasteiger partial charge in [-0.15, -0.1) is 0 Å². The van der Waals surface area contributed by atoms with Gasteiger partial charge in [-0.25, -0.2) is 0 Å². The van der Waals surface area contributed by atoms with Gasteiger partial charge in [-0.1, -0.05) is 25.1 Å². The zero-order valence-corrected chi connectivity index (χ0v) is 16.2. The van der Waals surface area contributed by atoms with E-state index in [0.29, 0.717) is 30.0 Å². The molecule has 1 atom stereocenters. The number of rotatable bonds is 5. The highest BCUT2D eigenvalue weighted by molar-refractivity contribution is 6.00. The molecule has 2 aromatic rings. The van der Waals surface area contributed by atoms with Gasteiger partial charge >= 0.3 is 0 Å². The number of likely N-dealkylation sites (N-methyl/N-ethyl adjacent to an activating group) is 1. The molecule has 0 spiro atoms. The van der Waals surface area contributed by atoms with Crippen molar-refractivity contribution in [2.45, 2.75) is 25.6 Å². The number of hydrogen-bond acceptors (Lipinski definition) is 5. The average molecular weight is 370 g/mol. The number of methoxy groups -OCH3 is 2. The fourth-order valence-corrected chi connectivity index (χ4v) is 3.55. The van der Waals surface area contributed by atoms with E-state index in [1.807, 2.05) is 48.2 Å². The van der Waals surface area contributed by atoms with Gasteiger partial charge in [0.05, 0.1) is 32.0 Å². The molecule has 0 fully saturated rings. The maximum atomic E-state index is 12.8. The van der Waals surface area contributed by atoms with Crippen LogP contribution in [0.15, 0.2) is 42.5 Å². The molecule has 0 radical (unpaired) electrons. The first kappa shape index (κ1) is 19.0. The lowest BCUT2D eigenvalue weighted by atomic mass is 10.0. The van der Waals surface area contributed by atoms with Gasteiger partial charge in [0.2, 0.25) is 0 Å². The van der Waals surface area contributed by atoms with Gasteiger partial charge in [-0.3, -0.25) is 4.79 Å². The Morgan fingerprint density at radius 3 is 2.48 bits per heavy atom. The molecular formula is C21H26N2O4. The van der Waals surface area contributed by atoms with Crippen LogP contribution in [-0.4, -0.2) is 49.5 Å². The predicted molar refractivity (Wildman–Crippen MR) is 104 cm³/mol. The highest BCUT2D eigenvalue weighted by atomic mass is 16.5. The van der Waals surface area contributed by atoms with E-state index in [1.165, 1.54) is 0 Å². The number of anilines is 1. The quantitative estimate of drug-likeness (QED) is 0.877. The third kappa shape index (κ3) is 3.45. The Bertz CT molecular complexity index is 839. The molecule has 0 aromatic heterocycles. The minimum absolute atomic E-state index is 0.0905. The largest absolute Gasteiger partial charge is 0.493 e. The number of carbonyl (C=O) groups is 1. The lowest BCUT2D eigenvalue weighted by Gasteiger charge is -2.41. The number of aliphatic hydroxyl groups is 1. The topological polar surface area (TPSA) is 62.2 Å². The second-order valence-corrected chi connectivity index (χ2v) is 6.79. The zero-order valence-electron chi connectivity index (χ0n) is 16.2. The van der Waals surface area contributed by atoms with Crippen molar-refractivity contribution in [1.29, 1.82) is 0 Å². The molecule has 144 valence electrons. The SMILES string of the molecule is CCC1(O)CN(C)C(=O)c2ccccc2N1Cc1ccc(OC)c(OC)c1. The first-order valence-corrected chi connectivity index (χ1v) is 8.99. The van der Waals surface area contributed by atoms with Crippen molar-refractivity contribution in [2.24, 2.45) is 0 Å². The van der Waals surface area contributed by atoms with Crippen molar-refractivity contribution < 1.29 is 19.4 Å². The molecule has 27 heavy (non-hydrogen) atoms. The van der Waals surface area contributed by atoms with Gasteiger partial charge in [0.25, 0.3) is 5.91 Å². The Kier molecular flexibility index (Phi) is 5.28. The van der Waals surface area contributed by atoms with E-state index in [1.54, 1.807) is 32.2 Å². The Hall–Kier alpha value is -2.73. The van der Waals surface area contributed by atoms with Gasteiger partial charge in [-0.05, 0) is 36.2 Å². The van der Waals surface area contributed by atoms with E-state index in [0.717, 1.165) is 11.3 Å². The molecule has 1 aliphatic heterocycles. The zero-order chi connectivity index (χ0) is 19.6. The fraction of sp³-hybridized carbons (Fsp3) is 0.381. The van der Waals surface area contributed by atoms with E-state index >= 15 is 0 Å². The molecule has 1 unspecified atom stereocenters. The molecule has 1 aliphatic rings. The lowest BCUT2D eigenvalue weighted by Crippen LogP contribution is -2.54. The summed E-state index contributed by atoms with van der Waals surface area (Å²) in [5, 5.41) is 11.4. The van der Waals surface area contributed by atoms with Crippen LogP contribution in [0.2, 0.25) is 0 Å². The smallest absolute Gasteiger partial charge is 0.255 e. The maximum absolute atomic E-state index is 12.8. The number of nitrogens with zero attached hydrogens (tertiary/aromatic N) is 2. The first-order valence-electron chi connectivity index (χ1n) is 8.99. The van der Waals surface area contributed by atoms with Gasteiger partial charge in [0.15, 0.2) is 17.2 Å². The molecule has 0 bridgehead atoms. The van der Waals surface area contributed by atoms with Crippen LogP contribution in [0.25, 0.3) is 0 Å². The molecular weight excluding hydrogens is 344 g/mol. The predicted octanol–water partition coefficient (Wildman–Crippen LogP) is 2.89. The highest BCUT2D eigenvalue weighted by Crippen LogP contribution is 2.36. The van der Waals surface area contributed by atoms with Crippen molar-refractivity contribution in [3.05, 3.63) is 53.6 Å². The van der Waals surface area contributed by atoms with Crippen LogP contribution in [0.3, 0.4) is 0 Å². The van der Waals surface area contributed by atoms with Crippen molar-refractivity contribution >= 4 is 11.6 Å². The van der Waals surface area contributed by atoms with E-state index in [2.05, 4.69) is 0 Å². The number of ether oxygens (including phenoxy) is 2. The molecule has 2 aromatic carbocycles. The fourth-order valence-electron chi connectivity index (χ4n) is 3.55. The minimum atomic E-state index is -1.18. The number of amides is 1. The van der Waals surface area contributed by atoms with Crippen molar-refractivity contribution in [3.63, 3.8) is 0 Å². The Morgan fingerprint density at radius 2 is 1.81 bits per heavy atom. The number of para-hydroxylation sites is 1. The molecule has 0 saturated carbocycles. The van der Waals surface area contributed by atoms with Crippen LogP contribution < -0.4 is 14.4 Å². The third-order valence-corrected chi connectivity index (χ3v) is 5.12. The van der Waals surface area contributed by atoms with E-state index in [4.69, 9.17) is 9.47 Å². The Labute approximate surface area is 159 Å². The van der Waals surface area contributed by atoms with Gasteiger partial charge in [0, 0.05) is 13.6 Å². The molecule has 6 heteroatoms. The summed E-state index contributed by atoms with van der Waals surface area (Å²) in [7, 11) is 4.92. The van der Waals surface area contributed by atoms with Crippen molar-refractivity contribution in [1.82, 2.24) is 4.90 Å². The number of hydrogen-bond donors (Lipinski definition) is 1. The number of carbonyl (C=O) groups excluding carboxylic acids is 1. The van der Waals surface area contributed by atoms with E-state index < -0.39 is 5.72 Å². The van der Waals surface area contributed by atoms with Crippen molar-refractivity contribution in [3.8, 4) is 11.5 Å². The second kappa shape index (κ2) is 7.48. The minimum Gasteiger partial charge on any atom is -0.493 e.